The molecule has 10 nitrogen and oxygen atoms in total. The Morgan fingerprint density at radius 1 is 1.17 bits per heavy atom. The second-order valence-corrected chi connectivity index (χ2v) is 4.41. The van der Waals surface area contributed by atoms with E-state index in [1.54, 1.807) is 0 Å². The number of carbonyl (C=O) groups excluding carboxylic acids is 1. The molecule has 0 spiro atoms. The third-order valence-electron chi connectivity index (χ3n) is 2.91. The number of aromatic amines is 2. The van der Waals surface area contributed by atoms with Gasteiger partial charge in [0.25, 0.3) is 5.56 Å². The number of rotatable bonds is 5. The highest BCUT2D eigenvalue weighted by molar-refractivity contribution is 6.46. The molecule has 0 aliphatic carbocycles. The lowest BCUT2D eigenvalue weighted by Gasteiger charge is -2.04. The van der Waals surface area contributed by atoms with Gasteiger partial charge in [-0.15, -0.1) is 0 Å². The number of hydrogen-bond donors (Lipinski definition) is 4. The Morgan fingerprint density at radius 3 is 2.30 bits per heavy atom. The van der Waals surface area contributed by atoms with Crippen molar-refractivity contribution in [2.75, 3.05) is 0 Å². The fraction of sp³-hybridized carbons (Fsp3) is 0.0769. The number of nitrogens with zero attached hydrogens (tertiary/aromatic N) is 2. The van der Waals surface area contributed by atoms with Gasteiger partial charge in [-0.05, 0) is 12.1 Å². The van der Waals surface area contributed by atoms with E-state index < -0.39 is 29.4 Å². The molecule has 0 unspecified atom stereocenters. The maximum absolute atomic E-state index is 12.2. The first-order chi connectivity index (χ1) is 10.9. The molecule has 0 amide bonds. The molecule has 2 aromatic rings. The highest BCUT2D eigenvalue weighted by Gasteiger charge is 2.18. The van der Waals surface area contributed by atoms with Gasteiger partial charge in [-0.25, -0.2) is 14.7 Å². The molecule has 0 aliphatic rings. The lowest BCUT2D eigenvalue weighted by Crippen LogP contribution is -2.30. The Kier molecular flexibility index (Phi) is 4.45. The maximum atomic E-state index is 12.2. The van der Waals surface area contributed by atoms with E-state index in [0.29, 0.717) is 5.56 Å². The van der Waals surface area contributed by atoms with E-state index in [2.05, 4.69) is 10.2 Å². The van der Waals surface area contributed by atoms with Crippen LogP contribution >= 0.6 is 0 Å². The summed E-state index contributed by atoms with van der Waals surface area (Å²) in [5.41, 5.74) is -1.59. The van der Waals surface area contributed by atoms with Crippen molar-refractivity contribution in [2.45, 2.75) is 6.42 Å². The van der Waals surface area contributed by atoms with Gasteiger partial charge in [0.1, 0.15) is 11.4 Å². The largest absolute Gasteiger partial charge is 0.478 e. The third-order valence-corrected chi connectivity index (χ3v) is 2.91. The standard InChI is InChI=1S/C13H11N5O5/c14-16-10(6-1-3-7(4-2-6)12(21)22)9(19)5-8-11(20)15-13(23)18-17-8/h1-4H,5,14H2,(H,21,22)(H2,15,18,20,23). The molecular weight excluding hydrogens is 306 g/mol. The van der Waals surface area contributed by atoms with Crippen molar-refractivity contribution in [1.29, 1.82) is 0 Å². The molecule has 0 radical (unpaired) electrons. The average Bonchev–Trinajstić information content (AvgIpc) is 2.51. The van der Waals surface area contributed by atoms with Gasteiger partial charge in [0, 0.05) is 5.56 Å². The van der Waals surface area contributed by atoms with Crippen LogP contribution in [0.2, 0.25) is 0 Å². The Morgan fingerprint density at radius 2 is 1.78 bits per heavy atom. The quantitative estimate of drug-likeness (QED) is 0.299. The Hall–Kier alpha value is -3.56. The number of aromatic nitrogens is 3. The van der Waals surface area contributed by atoms with E-state index in [1.165, 1.54) is 24.3 Å². The van der Waals surface area contributed by atoms with Crippen LogP contribution in [-0.2, 0) is 11.2 Å². The van der Waals surface area contributed by atoms with E-state index in [1.807, 2.05) is 10.1 Å². The second-order valence-electron chi connectivity index (χ2n) is 4.41. The topological polar surface area (TPSA) is 171 Å². The number of nitrogens with one attached hydrogen (secondary N) is 2. The van der Waals surface area contributed by atoms with Crippen LogP contribution in [0.25, 0.3) is 0 Å². The predicted octanol–water partition coefficient (Wildman–Crippen LogP) is -1.37. The number of hydrazone groups is 1. The van der Waals surface area contributed by atoms with Crippen molar-refractivity contribution in [3.63, 3.8) is 0 Å². The van der Waals surface area contributed by atoms with Crippen molar-refractivity contribution in [1.82, 2.24) is 15.2 Å². The van der Waals surface area contributed by atoms with E-state index >= 15 is 0 Å². The molecule has 118 valence electrons. The van der Waals surface area contributed by atoms with Gasteiger partial charge in [-0.2, -0.15) is 10.2 Å². The van der Waals surface area contributed by atoms with Crippen molar-refractivity contribution in [2.24, 2.45) is 10.9 Å². The van der Waals surface area contributed by atoms with Gasteiger partial charge in [-0.1, -0.05) is 12.1 Å². The summed E-state index contributed by atoms with van der Waals surface area (Å²) in [6.45, 7) is 0. The number of H-pyrrole nitrogens is 2. The Balaban J connectivity index is 2.27. The number of Topliss-reactive ketones (excluding diaryl/α,β-unsaturated/α-hetero) is 1. The van der Waals surface area contributed by atoms with E-state index in [9.17, 15) is 19.2 Å². The van der Waals surface area contributed by atoms with Gasteiger partial charge in [0.05, 0.1) is 12.0 Å². The van der Waals surface area contributed by atoms with Crippen molar-refractivity contribution >= 4 is 17.5 Å². The molecule has 0 fully saturated rings. The van der Waals surface area contributed by atoms with Crippen LogP contribution in [-0.4, -0.2) is 37.8 Å². The lowest BCUT2D eigenvalue weighted by molar-refractivity contribution is -0.112. The number of hydrogen-bond acceptors (Lipinski definition) is 7. The fourth-order valence-corrected chi connectivity index (χ4v) is 1.81. The number of aromatic carboxylic acids is 1. The second kappa shape index (κ2) is 6.47. The zero-order chi connectivity index (χ0) is 17.0. The molecule has 5 N–H and O–H groups in total. The molecule has 0 atom stereocenters. The van der Waals surface area contributed by atoms with Crippen LogP contribution in [0.15, 0.2) is 39.0 Å². The molecule has 1 heterocycles. The molecule has 1 aromatic heterocycles. The van der Waals surface area contributed by atoms with Crippen LogP contribution in [0.1, 0.15) is 21.6 Å². The average molecular weight is 317 g/mol. The molecule has 1 aromatic carbocycles. The summed E-state index contributed by atoms with van der Waals surface area (Å²) >= 11 is 0. The molecule has 0 saturated heterocycles. The minimum absolute atomic E-state index is 0.0383. The minimum atomic E-state index is -1.11. The number of carboxylic acids is 1. The molecule has 0 saturated carbocycles. The van der Waals surface area contributed by atoms with Crippen LogP contribution < -0.4 is 17.1 Å². The summed E-state index contributed by atoms with van der Waals surface area (Å²) in [4.78, 5) is 47.3. The normalized spacial score (nSPS) is 11.2. The minimum Gasteiger partial charge on any atom is -0.478 e. The summed E-state index contributed by atoms with van der Waals surface area (Å²) in [6.07, 6.45) is -0.428. The smallest absolute Gasteiger partial charge is 0.342 e. The summed E-state index contributed by atoms with van der Waals surface area (Å²) in [7, 11) is 0. The monoisotopic (exact) mass is 317 g/mol. The van der Waals surface area contributed by atoms with Crippen LogP contribution in [0, 0.1) is 0 Å². The zero-order valence-electron chi connectivity index (χ0n) is 11.6. The maximum Gasteiger partial charge on any atom is 0.342 e. The van der Waals surface area contributed by atoms with Crippen molar-refractivity contribution in [3.05, 3.63) is 61.9 Å². The van der Waals surface area contributed by atoms with Gasteiger partial charge >= 0.3 is 11.7 Å². The Labute approximate surface area is 127 Å². The summed E-state index contributed by atoms with van der Waals surface area (Å²) < 4.78 is 0. The number of ketones is 1. The molecule has 0 bridgehead atoms. The highest BCUT2D eigenvalue weighted by atomic mass is 16.4. The van der Waals surface area contributed by atoms with Crippen LogP contribution in [0.5, 0.6) is 0 Å². The fourth-order valence-electron chi connectivity index (χ4n) is 1.81. The third kappa shape index (κ3) is 3.56. The predicted molar refractivity (Wildman–Crippen MR) is 78.3 cm³/mol. The molecule has 10 heteroatoms. The molecule has 0 aliphatic heterocycles. The number of carboxylic acid groups (broad SMARTS) is 1. The summed E-state index contributed by atoms with van der Waals surface area (Å²) in [5, 5.41) is 17.7. The Bertz CT molecular complexity index is 894. The number of carbonyl (C=O) groups is 2. The van der Waals surface area contributed by atoms with Crippen LogP contribution in [0.4, 0.5) is 0 Å². The number of benzene rings is 1. The molecule has 23 heavy (non-hydrogen) atoms. The first kappa shape index (κ1) is 15.8. The van der Waals surface area contributed by atoms with E-state index in [0.717, 1.165) is 0 Å². The first-order valence-corrected chi connectivity index (χ1v) is 6.25. The molecular formula is C13H11N5O5. The van der Waals surface area contributed by atoms with E-state index in [4.69, 9.17) is 10.9 Å². The SMILES string of the molecule is NN=C(C(=O)Cc1n[nH]c(=O)[nH]c1=O)c1ccc(C(=O)O)cc1. The summed E-state index contributed by atoms with van der Waals surface area (Å²) in [5.74, 6) is 3.48. The molecule has 2 rings (SSSR count). The zero-order valence-corrected chi connectivity index (χ0v) is 11.6. The van der Waals surface area contributed by atoms with Crippen molar-refractivity contribution < 1.29 is 14.7 Å². The van der Waals surface area contributed by atoms with Gasteiger partial charge in [0.15, 0.2) is 5.78 Å². The van der Waals surface area contributed by atoms with Gasteiger partial charge in [0.2, 0.25) is 0 Å². The highest BCUT2D eigenvalue weighted by Crippen LogP contribution is 2.07. The van der Waals surface area contributed by atoms with E-state index in [-0.39, 0.29) is 17.0 Å². The summed E-state index contributed by atoms with van der Waals surface area (Å²) in [6, 6.07) is 5.33. The number of nitrogens with two attached hydrogens (primary N) is 1. The van der Waals surface area contributed by atoms with Gasteiger partial charge < -0.3 is 10.9 Å². The van der Waals surface area contributed by atoms with Crippen molar-refractivity contribution in [3.8, 4) is 0 Å². The van der Waals surface area contributed by atoms with Crippen LogP contribution in [0.3, 0.4) is 0 Å². The first-order valence-electron chi connectivity index (χ1n) is 6.25. The lowest BCUT2D eigenvalue weighted by atomic mass is 10.0. The van der Waals surface area contributed by atoms with Gasteiger partial charge in [-0.3, -0.25) is 14.6 Å².